The van der Waals surface area contributed by atoms with Crippen LogP contribution in [0.2, 0.25) is 0 Å². The van der Waals surface area contributed by atoms with E-state index in [2.05, 4.69) is 21.5 Å². The number of nitrogens with zero attached hydrogens (tertiary/aromatic N) is 3. The highest BCUT2D eigenvalue weighted by molar-refractivity contribution is 5.89. The van der Waals surface area contributed by atoms with Crippen LogP contribution in [0.3, 0.4) is 0 Å². The number of carbonyl (C=O) groups is 1. The molecule has 1 saturated heterocycles. The summed E-state index contributed by atoms with van der Waals surface area (Å²) in [5.74, 6) is 1.16. The maximum atomic E-state index is 12.8. The molecular weight excluding hydrogens is 392 g/mol. The van der Waals surface area contributed by atoms with Crippen molar-refractivity contribution in [3.8, 4) is 0 Å². The van der Waals surface area contributed by atoms with Crippen molar-refractivity contribution >= 4 is 11.7 Å². The Kier molecular flexibility index (Phi) is 6.62. The van der Waals surface area contributed by atoms with E-state index >= 15 is 0 Å². The van der Waals surface area contributed by atoms with Gasteiger partial charge < -0.3 is 19.5 Å². The van der Waals surface area contributed by atoms with E-state index in [1.165, 1.54) is 0 Å². The number of likely N-dealkylation sites (tertiary alicyclic amines) is 1. The first-order valence-corrected chi connectivity index (χ1v) is 10.7. The smallest absolute Gasteiger partial charge is 0.321 e. The number of aromatic nitrogens is 2. The molecule has 0 radical (unpaired) electrons. The van der Waals surface area contributed by atoms with Gasteiger partial charge in [0.1, 0.15) is 6.61 Å². The van der Waals surface area contributed by atoms with Gasteiger partial charge in [0.05, 0.1) is 6.61 Å². The number of ether oxygens (including phenoxy) is 1. The predicted molar refractivity (Wildman–Crippen MR) is 118 cm³/mol. The fraction of sp³-hybridized carbons (Fsp3) is 0.375. The van der Waals surface area contributed by atoms with E-state index in [0.29, 0.717) is 24.9 Å². The molecule has 0 aliphatic carbocycles. The van der Waals surface area contributed by atoms with Crippen molar-refractivity contribution in [2.75, 3.05) is 18.4 Å². The Balaban J connectivity index is 1.31. The molecule has 7 nitrogen and oxygen atoms in total. The van der Waals surface area contributed by atoms with Gasteiger partial charge in [0, 0.05) is 24.7 Å². The highest BCUT2D eigenvalue weighted by atomic mass is 16.5. The normalized spacial score (nSPS) is 16.3. The lowest BCUT2D eigenvalue weighted by Gasteiger charge is -2.31. The first-order valence-electron chi connectivity index (χ1n) is 10.7. The zero-order valence-corrected chi connectivity index (χ0v) is 18.0. The molecule has 162 valence electrons. The van der Waals surface area contributed by atoms with E-state index in [0.717, 1.165) is 41.8 Å². The van der Waals surface area contributed by atoms with Crippen LogP contribution in [-0.4, -0.2) is 34.2 Å². The zero-order valence-electron chi connectivity index (χ0n) is 18.0. The van der Waals surface area contributed by atoms with E-state index in [4.69, 9.17) is 9.26 Å². The van der Waals surface area contributed by atoms with Crippen LogP contribution in [0, 0.1) is 13.8 Å². The fourth-order valence-corrected chi connectivity index (χ4v) is 3.94. The molecule has 1 aliphatic rings. The maximum absolute atomic E-state index is 12.8. The molecule has 3 aromatic rings. The van der Waals surface area contributed by atoms with E-state index in [-0.39, 0.29) is 18.6 Å². The summed E-state index contributed by atoms with van der Waals surface area (Å²) in [6.45, 7) is 6.10. The number of urea groups is 1. The second kappa shape index (κ2) is 9.75. The molecule has 4 rings (SSSR count). The monoisotopic (exact) mass is 420 g/mol. The Morgan fingerprint density at radius 2 is 1.94 bits per heavy atom. The standard InChI is InChI=1S/C24H28N4O3/c1-17-11-18(2)13-21(12-17)25-24(29)28-10-6-9-20(14-28)23-26-22(31-27-23)16-30-15-19-7-4-3-5-8-19/h3-5,7-8,11-13,20H,6,9-10,14-16H2,1-2H3,(H,25,29). The van der Waals surface area contributed by atoms with Crippen LogP contribution in [0.5, 0.6) is 0 Å². The minimum atomic E-state index is -0.0930. The number of benzene rings is 2. The van der Waals surface area contributed by atoms with Crippen molar-refractivity contribution in [3.63, 3.8) is 0 Å². The SMILES string of the molecule is Cc1cc(C)cc(NC(=O)N2CCCC(c3noc(COCc4ccccc4)n3)C2)c1. The number of aryl methyl sites for hydroxylation is 2. The molecule has 0 spiro atoms. The summed E-state index contributed by atoms with van der Waals surface area (Å²) < 4.78 is 11.0. The molecule has 31 heavy (non-hydrogen) atoms. The van der Waals surface area contributed by atoms with Crippen molar-refractivity contribution in [1.82, 2.24) is 15.0 Å². The fourth-order valence-electron chi connectivity index (χ4n) is 3.94. The summed E-state index contributed by atoms with van der Waals surface area (Å²) in [4.78, 5) is 19.1. The third-order valence-corrected chi connectivity index (χ3v) is 5.37. The van der Waals surface area contributed by atoms with Gasteiger partial charge in [0.2, 0.25) is 0 Å². The quantitative estimate of drug-likeness (QED) is 0.619. The average Bonchev–Trinajstić information content (AvgIpc) is 3.23. The van der Waals surface area contributed by atoms with E-state index in [1.54, 1.807) is 0 Å². The molecular formula is C24H28N4O3. The van der Waals surface area contributed by atoms with Crippen molar-refractivity contribution in [3.05, 3.63) is 76.9 Å². The molecule has 1 N–H and O–H groups in total. The number of hydrogen-bond acceptors (Lipinski definition) is 5. The van der Waals surface area contributed by atoms with Crippen LogP contribution in [0.25, 0.3) is 0 Å². The Morgan fingerprint density at radius 1 is 1.16 bits per heavy atom. The lowest BCUT2D eigenvalue weighted by atomic mass is 9.97. The first-order chi connectivity index (χ1) is 15.1. The van der Waals surface area contributed by atoms with Gasteiger partial charge in [-0.15, -0.1) is 0 Å². The van der Waals surface area contributed by atoms with Gasteiger partial charge in [-0.2, -0.15) is 4.98 Å². The van der Waals surface area contributed by atoms with Gasteiger partial charge in [0.25, 0.3) is 5.89 Å². The number of carbonyl (C=O) groups excluding carboxylic acids is 1. The van der Waals surface area contributed by atoms with E-state index < -0.39 is 0 Å². The van der Waals surface area contributed by atoms with Crippen LogP contribution in [0.4, 0.5) is 10.5 Å². The maximum Gasteiger partial charge on any atom is 0.321 e. The van der Waals surface area contributed by atoms with Gasteiger partial charge in [-0.25, -0.2) is 4.79 Å². The van der Waals surface area contributed by atoms with Crippen molar-refractivity contribution in [2.45, 2.75) is 45.8 Å². The highest BCUT2D eigenvalue weighted by Crippen LogP contribution is 2.26. The van der Waals surface area contributed by atoms with Gasteiger partial charge in [-0.3, -0.25) is 0 Å². The minimum Gasteiger partial charge on any atom is -0.367 e. The largest absolute Gasteiger partial charge is 0.367 e. The zero-order chi connectivity index (χ0) is 21.6. The molecule has 2 heterocycles. The van der Waals surface area contributed by atoms with Crippen LogP contribution in [-0.2, 0) is 18.0 Å². The summed E-state index contributed by atoms with van der Waals surface area (Å²) >= 11 is 0. The molecule has 1 aromatic heterocycles. The van der Waals surface area contributed by atoms with Crippen LogP contribution >= 0.6 is 0 Å². The van der Waals surface area contributed by atoms with Crippen molar-refractivity contribution in [1.29, 1.82) is 0 Å². The average molecular weight is 421 g/mol. The number of piperidine rings is 1. The van der Waals surface area contributed by atoms with Crippen molar-refractivity contribution in [2.24, 2.45) is 0 Å². The molecule has 0 saturated carbocycles. The van der Waals surface area contributed by atoms with Gasteiger partial charge in [-0.1, -0.05) is 41.6 Å². The third-order valence-electron chi connectivity index (χ3n) is 5.37. The molecule has 2 amide bonds. The van der Waals surface area contributed by atoms with Gasteiger partial charge in [-0.05, 0) is 55.5 Å². The summed E-state index contributed by atoms with van der Waals surface area (Å²) in [6, 6.07) is 15.9. The summed E-state index contributed by atoms with van der Waals surface area (Å²) in [6.07, 6.45) is 1.83. The second-order valence-electron chi connectivity index (χ2n) is 8.12. The van der Waals surface area contributed by atoms with Crippen LogP contribution < -0.4 is 5.32 Å². The summed E-state index contributed by atoms with van der Waals surface area (Å²) in [5.41, 5.74) is 4.17. The molecule has 1 fully saturated rings. The topological polar surface area (TPSA) is 80.5 Å². The number of rotatable bonds is 6. The molecule has 2 aromatic carbocycles. The lowest BCUT2D eigenvalue weighted by Crippen LogP contribution is -2.41. The molecule has 1 unspecified atom stereocenters. The molecule has 7 heteroatoms. The first kappa shape index (κ1) is 21.1. The number of amides is 2. The predicted octanol–water partition coefficient (Wildman–Crippen LogP) is 4.81. The number of hydrogen-bond donors (Lipinski definition) is 1. The Labute approximate surface area is 182 Å². The van der Waals surface area contributed by atoms with Crippen molar-refractivity contribution < 1.29 is 14.1 Å². The van der Waals surface area contributed by atoms with Gasteiger partial charge in [0.15, 0.2) is 5.82 Å². The Hall–Kier alpha value is -3.19. The number of anilines is 1. The lowest BCUT2D eigenvalue weighted by molar-refractivity contribution is 0.0850. The molecule has 1 aliphatic heterocycles. The Morgan fingerprint density at radius 3 is 2.71 bits per heavy atom. The van der Waals surface area contributed by atoms with Crippen LogP contribution in [0.1, 0.15) is 47.2 Å². The third kappa shape index (κ3) is 5.70. The second-order valence-corrected chi connectivity index (χ2v) is 8.12. The van der Waals surface area contributed by atoms with Gasteiger partial charge >= 0.3 is 6.03 Å². The summed E-state index contributed by atoms with van der Waals surface area (Å²) in [7, 11) is 0. The Bertz CT molecular complexity index is 998. The molecule has 1 atom stereocenters. The minimum absolute atomic E-state index is 0.0605. The van der Waals surface area contributed by atoms with E-state index in [1.807, 2.05) is 61.2 Å². The van der Waals surface area contributed by atoms with E-state index in [9.17, 15) is 4.79 Å². The van der Waals surface area contributed by atoms with Crippen LogP contribution in [0.15, 0.2) is 53.1 Å². The highest BCUT2D eigenvalue weighted by Gasteiger charge is 2.28. The molecule has 0 bridgehead atoms. The number of nitrogens with one attached hydrogen (secondary N) is 1. The summed E-state index contributed by atoms with van der Waals surface area (Å²) in [5, 5.41) is 7.16.